The first-order valence-electron chi connectivity index (χ1n) is 8.23. The molecule has 0 radical (unpaired) electrons. The van der Waals surface area contributed by atoms with E-state index >= 15 is 0 Å². The molecular weight excluding hydrogens is 390 g/mol. The molecule has 1 amide bonds. The van der Waals surface area contributed by atoms with Crippen LogP contribution in [0.4, 0.5) is 11.4 Å². The first kappa shape index (κ1) is 21.2. The smallest absolute Gasteiger partial charge is 0.256 e. The molecule has 0 spiro atoms. The third-order valence-corrected chi connectivity index (χ3v) is 6.10. The molecule has 2 aromatic carbocycles. The van der Waals surface area contributed by atoms with Gasteiger partial charge in [-0.2, -0.15) is 4.31 Å². The van der Waals surface area contributed by atoms with Crippen LogP contribution in [-0.2, 0) is 14.8 Å². The highest BCUT2D eigenvalue weighted by Gasteiger charge is 2.26. The van der Waals surface area contributed by atoms with Gasteiger partial charge in [-0.3, -0.25) is 4.79 Å². The molecule has 7 nitrogen and oxygen atoms in total. The number of nitrogens with zero attached hydrogens (tertiary/aromatic N) is 1. The Kier molecular flexibility index (Phi) is 6.83. The summed E-state index contributed by atoms with van der Waals surface area (Å²) < 4.78 is 32.1. The van der Waals surface area contributed by atoms with Crippen molar-refractivity contribution in [2.75, 3.05) is 37.4 Å². The van der Waals surface area contributed by atoms with Gasteiger partial charge in [-0.25, -0.2) is 8.42 Å². The van der Waals surface area contributed by atoms with E-state index in [0.717, 1.165) is 5.56 Å². The molecule has 1 saturated heterocycles. The molecule has 9 heteroatoms. The number of anilines is 2. The molecule has 0 atom stereocenters. The molecule has 0 aromatic heterocycles. The van der Waals surface area contributed by atoms with Crippen molar-refractivity contribution in [2.45, 2.75) is 11.8 Å². The van der Waals surface area contributed by atoms with Crippen molar-refractivity contribution in [3.05, 3.63) is 53.6 Å². The number of nitrogens with one attached hydrogen (secondary N) is 1. The summed E-state index contributed by atoms with van der Waals surface area (Å²) in [5.41, 5.74) is 7.88. The highest BCUT2D eigenvalue weighted by molar-refractivity contribution is 7.89. The molecular formula is C18H22ClN3O4S. The van der Waals surface area contributed by atoms with Gasteiger partial charge >= 0.3 is 0 Å². The summed E-state index contributed by atoms with van der Waals surface area (Å²) >= 11 is 0. The van der Waals surface area contributed by atoms with E-state index in [-0.39, 0.29) is 23.2 Å². The molecule has 1 heterocycles. The molecule has 2 aromatic rings. The summed E-state index contributed by atoms with van der Waals surface area (Å²) in [7, 11) is -3.62. The number of morpholine rings is 1. The summed E-state index contributed by atoms with van der Waals surface area (Å²) in [6, 6.07) is 11.3. The number of carbonyl (C=O) groups excluding carboxylic acids is 1. The molecule has 146 valence electrons. The maximum Gasteiger partial charge on any atom is 0.256 e. The van der Waals surface area contributed by atoms with Crippen LogP contribution in [-0.4, -0.2) is 44.9 Å². The third kappa shape index (κ3) is 4.78. The number of carbonyl (C=O) groups is 1. The quantitative estimate of drug-likeness (QED) is 0.751. The molecule has 0 bridgehead atoms. The van der Waals surface area contributed by atoms with E-state index in [9.17, 15) is 13.2 Å². The fourth-order valence-electron chi connectivity index (χ4n) is 2.75. The summed E-state index contributed by atoms with van der Waals surface area (Å²) in [5.74, 6) is -0.337. The SMILES string of the molecule is Cc1ccc(N)cc1C(=O)Nc1cccc(S(=O)(=O)N2CCOCC2)c1.Cl. The van der Waals surface area contributed by atoms with Gasteiger partial charge in [-0.05, 0) is 42.8 Å². The lowest BCUT2D eigenvalue weighted by atomic mass is 10.1. The predicted molar refractivity (Wildman–Crippen MR) is 107 cm³/mol. The Morgan fingerprint density at radius 1 is 1.15 bits per heavy atom. The van der Waals surface area contributed by atoms with Gasteiger partial charge in [0.2, 0.25) is 10.0 Å². The Morgan fingerprint density at radius 3 is 2.56 bits per heavy atom. The summed E-state index contributed by atoms with van der Waals surface area (Å²) in [6.45, 7) is 3.21. The zero-order valence-corrected chi connectivity index (χ0v) is 16.5. The van der Waals surface area contributed by atoms with Crippen LogP contribution in [0.3, 0.4) is 0 Å². The summed E-state index contributed by atoms with van der Waals surface area (Å²) in [5, 5.41) is 2.74. The van der Waals surface area contributed by atoms with Crippen LogP contribution in [0.2, 0.25) is 0 Å². The van der Waals surface area contributed by atoms with E-state index in [1.807, 2.05) is 6.92 Å². The molecule has 0 aliphatic carbocycles. The largest absolute Gasteiger partial charge is 0.399 e. The Morgan fingerprint density at radius 2 is 1.85 bits per heavy atom. The van der Waals surface area contributed by atoms with Crippen molar-refractivity contribution in [1.82, 2.24) is 4.31 Å². The number of hydrogen-bond acceptors (Lipinski definition) is 5. The summed E-state index contributed by atoms with van der Waals surface area (Å²) in [4.78, 5) is 12.6. The number of amides is 1. The van der Waals surface area contributed by atoms with Crippen LogP contribution in [0, 0.1) is 6.92 Å². The molecule has 27 heavy (non-hydrogen) atoms. The van der Waals surface area contributed by atoms with Crippen molar-refractivity contribution in [3.63, 3.8) is 0 Å². The number of nitrogens with two attached hydrogens (primary N) is 1. The summed E-state index contributed by atoms with van der Waals surface area (Å²) in [6.07, 6.45) is 0. The van der Waals surface area contributed by atoms with E-state index in [1.54, 1.807) is 30.3 Å². The minimum Gasteiger partial charge on any atom is -0.399 e. The molecule has 1 aliphatic rings. The monoisotopic (exact) mass is 411 g/mol. The van der Waals surface area contributed by atoms with Crippen LogP contribution in [0.25, 0.3) is 0 Å². The third-order valence-electron chi connectivity index (χ3n) is 4.21. The predicted octanol–water partition coefficient (Wildman–Crippen LogP) is 2.27. The van der Waals surface area contributed by atoms with Gasteiger partial charge in [-0.15, -0.1) is 12.4 Å². The van der Waals surface area contributed by atoms with E-state index in [0.29, 0.717) is 43.2 Å². The number of benzene rings is 2. The Balaban J connectivity index is 0.00000261. The lowest BCUT2D eigenvalue weighted by Gasteiger charge is -2.26. The topological polar surface area (TPSA) is 102 Å². The number of halogens is 1. The minimum atomic E-state index is -3.62. The van der Waals surface area contributed by atoms with Gasteiger partial charge in [-0.1, -0.05) is 12.1 Å². The fraction of sp³-hybridized carbons (Fsp3) is 0.278. The zero-order valence-electron chi connectivity index (χ0n) is 14.8. The van der Waals surface area contributed by atoms with Gasteiger partial charge in [0, 0.05) is 30.0 Å². The average molecular weight is 412 g/mol. The van der Waals surface area contributed by atoms with Crippen molar-refractivity contribution < 1.29 is 17.9 Å². The molecule has 3 N–H and O–H groups in total. The van der Waals surface area contributed by atoms with Crippen LogP contribution in [0.5, 0.6) is 0 Å². The second-order valence-electron chi connectivity index (χ2n) is 6.07. The van der Waals surface area contributed by atoms with Crippen LogP contribution in [0.1, 0.15) is 15.9 Å². The highest BCUT2D eigenvalue weighted by atomic mass is 35.5. The molecule has 3 rings (SSSR count). The lowest BCUT2D eigenvalue weighted by molar-refractivity contribution is 0.0730. The number of rotatable bonds is 4. The van der Waals surface area contributed by atoms with Gasteiger partial charge in [0.15, 0.2) is 0 Å². The van der Waals surface area contributed by atoms with Crippen molar-refractivity contribution >= 4 is 39.7 Å². The number of nitrogen functional groups attached to an aromatic ring is 1. The van der Waals surface area contributed by atoms with Crippen molar-refractivity contribution in [1.29, 1.82) is 0 Å². The molecule has 0 unspecified atom stereocenters. The Bertz CT molecular complexity index is 928. The molecule has 1 fully saturated rings. The molecule has 0 saturated carbocycles. The van der Waals surface area contributed by atoms with Crippen LogP contribution in [0.15, 0.2) is 47.4 Å². The highest BCUT2D eigenvalue weighted by Crippen LogP contribution is 2.22. The first-order valence-corrected chi connectivity index (χ1v) is 9.67. The van der Waals surface area contributed by atoms with Gasteiger partial charge in [0.25, 0.3) is 5.91 Å². The zero-order chi connectivity index (χ0) is 18.7. The van der Waals surface area contributed by atoms with Gasteiger partial charge in [0.05, 0.1) is 18.1 Å². The van der Waals surface area contributed by atoms with Crippen LogP contribution < -0.4 is 11.1 Å². The molecule has 1 aliphatic heterocycles. The van der Waals surface area contributed by atoms with E-state index in [1.165, 1.54) is 16.4 Å². The maximum absolute atomic E-state index is 12.7. The number of aryl methyl sites for hydroxylation is 1. The van der Waals surface area contributed by atoms with Gasteiger partial charge < -0.3 is 15.8 Å². The fourth-order valence-corrected chi connectivity index (χ4v) is 4.21. The number of hydrogen-bond donors (Lipinski definition) is 2. The number of sulfonamides is 1. The standard InChI is InChI=1S/C18H21N3O4S.ClH/c1-13-5-6-14(19)11-17(13)18(22)20-15-3-2-4-16(12-15)26(23,24)21-7-9-25-10-8-21;/h2-6,11-12H,7-10,19H2,1H3,(H,20,22);1H. The van der Waals surface area contributed by atoms with E-state index in [2.05, 4.69) is 5.32 Å². The lowest BCUT2D eigenvalue weighted by Crippen LogP contribution is -2.40. The first-order chi connectivity index (χ1) is 12.4. The number of ether oxygens (including phenoxy) is 1. The van der Waals surface area contributed by atoms with Crippen molar-refractivity contribution in [3.8, 4) is 0 Å². The second kappa shape index (κ2) is 8.71. The van der Waals surface area contributed by atoms with Gasteiger partial charge in [0.1, 0.15) is 0 Å². The van der Waals surface area contributed by atoms with Crippen molar-refractivity contribution in [2.24, 2.45) is 0 Å². The van der Waals surface area contributed by atoms with E-state index in [4.69, 9.17) is 10.5 Å². The van der Waals surface area contributed by atoms with Crippen LogP contribution >= 0.6 is 12.4 Å². The Labute approximate surface area is 165 Å². The maximum atomic E-state index is 12.7. The minimum absolute atomic E-state index is 0. The second-order valence-corrected chi connectivity index (χ2v) is 8.01. The van der Waals surface area contributed by atoms with E-state index < -0.39 is 10.0 Å². The Hall–Kier alpha value is -2.13. The normalized spacial score (nSPS) is 15.0. The average Bonchev–Trinajstić information content (AvgIpc) is 2.64.